The normalized spacial score (nSPS) is 10.8. The summed E-state index contributed by atoms with van der Waals surface area (Å²) in [6.45, 7) is 4.02. The molecule has 0 fully saturated rings. The number of aliphatic carboxylic acids is 1. The van der Waals surface area contributed by atoms with Crippen LogP contribution >= 0.6 is 0 Å². The molecule has 0 aliphatic heterocycles. The van der Waals surface area contributed by atoms with E-state index in [1.54, 1.807) is 0 Å². The molecule has 0 saturated carbocycles. The van der Waals surface area contributed by atoms with Crippen LogP contribution < -0.4 is 0 Å². The van der Waals surface area contributed by atoms with Crippen molar-refractivity contribution in [3.05, 3.63) is 35.1 Å². The number of carbonyl (C=O) groups is 1. The second-order valence-electron chi connectivity index (χ2n) is 4.29. The molecule has 16 heavy (non-hydrogen) atoms. The summed E-state index contributed by atoms with van der Waals surface area (Å²) in [5.74, 6) is -0.758. The second-order valence-corrected chi connectivity index (χ2v) is 4.29. The number of rotatable bonds is 5. The van der Waals surface area contributed by atoms with E-state index in [2.05, 4.69) is 0 Å². The standard InChI is InChI=1S/C13H17FO2/c1-9(2)11-6-10(7-12(14)8-11)4-3-5-13(15)16/h6-9H,3-5H2,1-2H3,(H,15,16). The lowest BCUT2D eigenvalue weighted by atomic mass is 9.98. The first-order chi connectivity index (χ1) is 7.49. The minimum atomic E-state index is -0.805. The zero-order valence-electron chi connectivity index (χ0n) is 9.66. The fourth-order valence-corrected chi connectivity index (χ4v) is 1.60. The molecule has 0 aromatic heterocycles. The van der Waals surface area contributed by atoms with E-state index in [-0.39, 0.29) is 18.2 Å². The molecule has 0 aliphatic carbocycles. The zero-order valence-corrected chi connectivity index (χ0v) is 9.66. The Morgan fingerprint density at radius 2 is 2.06 bits per heavy atom. The van der Waals surface area contributed by atoms with Crippen LogP contribution in [0.4, 0.5) is 4.39 Å². The average molecular weight is 224 g/mol. The molecule has 0 saturated heterocycles. The van der Waals surface area contributed by atoms with Gasteiger partial charge in [0.15, 0.2) is 0 Å². The van der Waals surface area contributed by atoms with Gasteiger partial charge in [-0.1, -0.05) is 19.9 Å². The maximum atomic E-state index is 13.3. The Morgan fingerprint density at radius 1 is 1.38 bits per heavy atom. The molecule has 0 radical (unpaired) electrons. The lowest BCUT2D eigenvalue weighted by molar-refractivity contribution is -0.137. The molecule has 0 heterocycles. The molecule has 2 nitrogen and oxygen atoms in total. The molecule has 0 spiro atoms. The van der Waals surface area contributed by atoms with Crippen molar-refractivity contribution in [2.45, 2.75) is 39.0 Å². The first-order valence-corrected chi connectivity index (χ1v) is 5.50. The van der Waals surface area contributed by atoms with Gasteiger partial charge in [-0.25, -0.2) is 4.39 Å². The highest BCUT2D eigenvalue weighted by molar-refractivity contribution is 5.66. The summed E-state index contributed by atoms with van der Waals surface area (Å²) in [4.78, 5) is 10.4. The van der Waals surface area contributed by atoms with Crippen molar-refractivity contribution in [1.29, 1.82) is 0 Å². The average Bonchev–Trinajstić information content (AvgIpc) is 2.16. The Labute approximate surface area is 95.1 Å². The Hall–Kier alpha value is -1.38. The molecule has 1 aromatic carbocycles. The highest BCUT2D eigenvalue weighted by atomic mass is 19.1. The van der Waals surface area contributed by atoms with Crippen molar-refractivity contribution in [3.8, 4) is 0 Å². The molecular weight excluding hydrogens is 207 g/mol. The quantitative estimate of drug-likeness (QED) is 0.832. The number of benzene rings is 1. The van der Waals surface area contributed by atoms with E-state index in [4.69, 9.17) is 5.11 Å². The number of aryl methyl sites for hydroxylation is 1. The smallest absolute Gasteiger partial charge is 0.303 e. The van der Waals surface area contributed by atoms with E-state index < -0.39 is 5.97 Å². The van der Waals surface area contributed by atoms with Crippen molar-refractivity contribution < 1.29 is 14.3 Å². The summed E-state index contributed by atoms with van der Waals surface area (Å²) in [5.41, 5.74) is 1.84. The van der Waals surface area contributed by atoms with Crippen molar-refractivity contribution in [1.82, 2.24) is 0 Å². The summed E-state index contributed by atoms with van der Waals surface area (Å²) in [5, 5.41) is 8.51. The van der Waals surface area contributed by atoms with Gasteiger partial charge in [0, 0.05) is 6.42 Å². The second kappa shape index (κ2) is 5.64. The maximum Gasteiger partial charge on any atom is 0.303 e. The van der Waals surface area contributed by atoms with E-state index in [0.717, 1.165) is 11.1 Å². The van der Waals surface area contributed by atoms with Crippen molar-refractivity contribution in [2.24, 2.45) is 0 Å². The minimum Gasteiger partial charge on any atom is -0.481 e. The van der Waals surface area contributed by atoms with Gasteiger partial charge in [0.05, 0.1) is 0 Å². The van der Waals surface area contributed by atoms with Gasteiger partial charge in [0.25, 0.3) is 0 Å². The first kappa shape index (κ1) is 12.7. The van der Waals surface area contributed by atoms with Crippen LogP contribution in [0.15, 0.2) is 18.2 Å². The monoisotopic (exact) mass is 224 g/mol. The maximum absolute atomic E-state index is 13.3. The van der Waals surface area contributed by atoms with E-state index in [0.29, 0.717) is 12.8 Å². The van der Waals surface area contributed by atoms with E-state index in [9.17, 15) is 9.18 Å². The van der Waals surface area contributed by atoms with Crippen LogP contribution in [-0.4, -0.2) is 11.1 Å². The molecule has 0 amide bonds. The van der Waals surface area contributed by atoms with E-state index in [1.807, 2.05) is 19.9 Å². The molecule has 3 heteroatoms. The van der Waals surface area contributed by atoms with E-state index in [1.165, 1.54) is 12.1 Å². The van der Waals surface area contributed by atoms with Crippen LogP contribution in [0.25, 0.3) is 0 Å². The Balaban J connectivity index is 2.69. The van der Waals surface area contributed by atoms with Gasteiger partial charge in [-0.3, -0.25) is 4.79 Å². The van der Waals surface area contributed by atoms with Crippen LogP contribution in [0.5, 0.6) is 0 Å². The highest BCUT2D eigenvalue weighted by Crippen LogP contribution is 2.19. The Bertz CT molecular complexity index is 372. The van der Waals surface area contributed by atoms with Gasteiger partial charge in [-0.05, 0) is 42.0 Å². The summed E-state index contributed by atoms with van der Waals surface area (Å²) in [7, 11) is 0. The topological polar surface area (TPSA) is 37.3 Å². The molecule has 0 atom stereocenters. The summed E-state index contributed by atoms with van der Waals surface area (Å²) in [6, 6.07) is 4.97. The number of carboxylic acid groups (broad SMARTS) is 1. The molecule has 1 aromatic rings. The van der Waals surface area contributed by atoms with Crippen molar-refractivity contribution >= 4 is 5.97 Å². The largest absolute Gasteiger partial charge is 0.481 e. The molecule has 88 valence electrons. The molecule has 0 bridgehead atoms. The van der Waals surface area contributed by atoms with Crippen LogP contribution in [0.1, 0.15) is 43.7 Å². The van der Waals surface area contributed by atoms with Crippen LogP contribution in [-0.2, 0) is 11.2 Å². The summed E-state index contributed by atoms with van der Waals surface area (Å²) in [6.07, 6.45) is 1.30. The highest BCUT2D eigenvalue weighted by Gasteiger charge is 2.05. The summed E-state index contributed by atoms with van der Waals surface area (Å²) >= 11 is 0. The molecule has 0 unspecified atom stereocenters. The SMILES string of the molecule is CC(C)c1cc(F)cc(CCCC(=O)O)c1. The lowest BCUT2D eigenvalue weighted by Crippen LogP contribution is -1.98. The third-order valence-corrected chi connectivity index (χ3v) is 2.50. The van der Waals surface area contributed by atoms with Crippen LogP contribution in [0.2, 0.25) is 0 Å². The van der Waals surface area contributed by atoms with Crippen LogP contribution in [0.3, 0.4) is 0 Å². The zero-order chi connectivity index (χ0) is 12.1. The Kier molecular flexibility index (Phi) is 4.47. The van der Waals surface area contributed by atoms with Crippen molar-refractivity contribution in [2.75, 3.05) is 0 Å². The van der Waals surface area contributed by atoms with Gasteiger partial charge in [-0.2, -0.15) is 0 Å². The number of carboxylic acids is 1. The van der Waals surface area contributed by atoms with Gasteiger partial charge in [-0.15, -0.1) is 0 Å². The molecular formula is C13H17FO2. The molecule has 0 aliphatic rings. The number of hydrogen-bond acceptors (Lipinski definition) is 1. The van der Waals surface area contributed by atoms with Crippen molar-refractivity contribution in [3.63, 3.8) is 0 Å². The minimum absolute atomic E-state index is 0.132. The fraction of sp³-hybridized carbons (Fsp3) is 0.462. The number of hydrogen-bond donors (Lipinski definition) is 1. The van der Waals surface area contributed by atoms with Gasteiger partial charge >= 0.3 is 5.97 Å². The van der Waals surface area contributed by atoms with Gasteiger partial charge < -0.3 is 5.11 Å². The van der Waals surface area contributed by atoms with Gasteiger partial charge in [0.2, 0.25) is 0 Å². The fourth-order valence-electron chi connectivity index (χ4n) is 1.60. The first-order valence-electron chi connectivity index (χ1n) is 5.50. The predicted molar refractivity (Wildman–Crippen MR) is 61.1 cm³/mol. The molecule has 1 rings (SSSR count). The number of halogens is 1. The Morgan fingerprint density at radius 3 is 2.62 bits per heavy atom. The third-order valence-electron chi connectivity index (χ3n) is 2.50. The third kappa shape index (κ3) is 4.01. The van der Waals surface area contributed by atoms with Gasteiger partial charge in [0.1, 0.15) is 5.82 Å². The van der Waals surface area contributed by atoms with E-state index >= 15 is 0 Å². The molecule has 1 N–H and O–H groups in total. The predicted octanol–water partition coefficient (Wildman–Crippen LogP) is 3.36. The summed E-state index contributed by atoms with van der Waals surface area (Å²) < 4.78 is 13.3. The lowest BCUT2D eigenvalue weighted by Gasteiger charge is -2.08. The van der Waals surface area contributed by atoms with Crippen LogP contribution in [0, 0.1) is 5.82 Å².